The molecule has 0 saturated carbocycles. The molecule has 36 heavy (non-hydrogen) atoms. The third-order valence-electron chi connectivity index (χ3n) is 7.76. The van der Waals surface area contributed by atoms with Gasteiger partial charge in [0.15, 0.2) is 17.7 Å². The van der Waals surface area contributed by atoms with E-state index in [9.17, 15) is 4.79 Å². The number of para-hydroxylation sites is 1. The molecule has 5 heterocycles. The average molecular weight is 501 g/mol. The van der Waals surface area contributed by atoms with E-state index in [1.165, 1.54) is 10.9 Å². The van der Waals surface area contributed by atoms with Gasteiger partial charge < -0.3 is 37.9 Å². The minimum absolute atomic E-state index is 0.212. The molecule has 0 aliphatic carbocycles. The normalized spacial score (nSPS) is 34.4. The molecule has 0 spiro atoms. The maximum atomic E-state index is 14.4. The highest BCUT2D eigenvalue weighted by Gasteiger charge is 2.72. The largest absolute Gasteiger partial charge is 0.361 e. The van der Waals surface area contributed by atoms with E-state index >= 15 is 0 Å². The zero-order chi connectivity index (χ0) is 25.5. The maximum absolute atomic E-state index is 14.4. The van der Waals surface area contributed by atoms with Gasteiger partial charge in [-0.2, -0.15) is 0 Å². The van der Waals surface area contributed by atoms with E-state index in [0.717, 1.165) is 17.6 Å². The second kappa shape index (κ2) is 8.24. The minimum Gasteiger partial charge on any atom is -0.361 e. The van der Waals surface area contributed by atoms with E-state index < -0.39 is 35.7 Å². The van der Waals surface area contributed by atoms with Crippen LogP contribution in [0.2, 0.25) is 0 Å². The highest BCUT2D eigenvalue weighted by molar-refractivity contribution is 5.89. The molecule has 0 bridgehead atoms. The summed E-state index contributed by atoms with van der Waals surface area (Å²) in [7, 11) is 0. The zero-order valence-corrected chi connectivity index (χ0v) is 21.9. The van der Waals surface area contributed by atoms with Gasteiger partial charge in [-0.25, -0.2) is 0 Å². The fourth-order valence-electron chi connectivity index (χ4n) is 6.33. The van der Waals surface area contributed by atoms with Crippen molar-refractivity contribution in [1.82, 2.24) is 9.47 Å². The van der Waals surface area contributed by atoms with Crippen molar-refractivity contribution in [2.75, 3.05) is 19.8 Å². The Kier molecular flexibility index (Phi) is 5.57. The highest BCUT2D eigenvalue weighted by atomic mass is 16.9. The summed E-state index contributed by atoms with van der Waals surface area (Å²) in [6.07, 6.45) is -0.894. The van der Waals surface area contributed by atoms with Crippen LogP contribution in [-0.2, 0) is 46.4 Å². The number of hydrogen-bond donors (Lipinski definition) is 0. The van der Waals surface area contributed by atoms with Gasteiger partial charge in [-0.3, -0.25) is 4.79 Å². The first-order valence-corrected chi connectivity index (χ1v) is 12.9. The lowest BCUT2D eigenvalue weighted by Gasteiger charge is -2.39. The fraction of sp³-hybridized carbons (Fsp3) is 0.667. The van der Waals surface area contributed by atoms with Gasteiger partial charge >= 0.3 is 0 Å². The van der Waals surface area contributed by atoms with E-state index in [1.807, 2.05) is 31.7 Å². The third kappa shape index (κ3) is 3.55. The molecule has 9 heteroatoms. The van der Waals surface area contributed by atoms with E-state index in [2.05, 4.69) is 29.7 Å². The summed E-state index contributed by atoms with van der Waals surface area (Å²) in [6.45, 7) is 13.3. The van der Waals surface area contributed by atoms with E-state index in [4.69, 9.17) is 28.4 Å². The Labute approximate surface area is 211 Å². The number of benzene rings is 1. The lowest BCUT2D eigenvalue weighted by molar-refractivity contribution is -0.325. The molecule has 4 aliphatic rings. The summed E-state index contributed by atoms with van der Waals surface area (Å²) in [5.41, 5.74) is 3.47. The van der Waals surface area contributed by atoms with Crippen LogP contribution in [-0.4, -0.2) is 70.8 Å². The molecule has 9 nitrogen and oxygen atoms in total. The van der Waals surface area contributed by atoms with Crippen molar-refractivity contribution in [2.45, 2.75) is 96.4 Å². The molecule has 2 aromatic rings. The Hall–Kier alpha value is -2.01. The topological polar surface area (TPSA) is 80.6 Å². The van der Waals surface area contributed by atoms with Crippen LogP contribution in [0, 0.1) is 0 Å². The Balaban J connectivity index is 1.38. The molecule has 196 valence electrons. The van der Waals surface area contributed by atoms with Gasteiger partial charge in [0.1, 0.15) is 18.9 Å². The SMILES string of the molecule is CCOCn1c2c(c3ccccc31)CCN(C(=O)[C@@]13O[C@H]4COC(C)(C)O[C@H]4[C@@H]1OC(C)(C)O3)[C@@H]2C. The molecule has 4 aliphatic heterocycles. The van der Waals surface area contributed by atoms with Crippen LogP contribution in [0.5, 0.6) is 0 Å². The molecular weight excluding hydrogens is 464 g/mol. The van der Waals surface area contributed by atoms with Crippen LogP contribution in [0.1, 0.15) is 58.8 Å². The van der Waals surface area contributed by atoms with Gasteiger partial charge in [0.25, 0.3) is 11.7 Å². The van der Waals surface area contributed by atoms with Crippen molar-refractivity contribution >= 4 is 16.8 Å². The Morgan fingerprint density at radius 1 is 1.11 bits per heavy atom. The number of amides is 1. The lowest BCUT2D eigenvalue weighted by Crippen LogP contribution is -2.57. The first-order valence-electron chi connectivity index (χ1n) is 12.9. The van der Waals surface area contributed by atoms with Crippen LogP contribution in [0.15, 0.2) is 24.3 Å². The van der Waals surface area contributed by atoms with Crippen LogP contribution in [0.25, 0.3) is 10.9 Å². The molecule has 6 rings (SSSR count). The molecule has 3 fully saturated rings. The molecular formula is C27H36N2O7. The van der Waals surface area contributed by atoms with Gasteiger partial charge in [-0.1, -0.05) is 18.2 Å². The molecule has 0 unspecified atom stereocenters. The van der Waals surface area contributed by atoms with Crippen molar-refractivity contribution in [1.29, 1.82) is 0 Å². The molecule has 1 aromatic heterocycles. The van der Waals surface area contributed by atoms with E-state index in [-0.39, 0.29) is 11.9 Å². The van der Waals surface area contributed by atoms with Crippen molar-refractivity contribution in [3.05, 3.63) is 35.5 Å². The highest BCUT2D eigenvalue weighted by Crippen LogP contribution is 2.51. The second-order valence-corrected chi connectivity index (χ2v) is 11.0. The first kappa shape index (κ1) is 24.3. The number of fused-ring (bicyclic) bond motifs is 6. The summed E-state index contributed by atoms with van der Waals surface area (Å²) in [5, 5.41) is 1.21. The van der Waals surface area contributed by atoms with E-state index in [0.29, 0.717) is 26.5 Å². The van der Waals surface area contributed by atoms with E-state index in [1.54, 1.807) is 13.8 Å². The van der Waals surface area contributed by atoms with Crippen LogP contribution in [0.4, 0.5) is 0 Å². The number of carbonyl (C=O) groups is 1. The Bertz CT molecular complexity index is 1190. The maximum Gasteiger partial charge on any atom is 0.286 e. The Morgan fingerprint density at radius 2 is 1.89 bits per heavy atom. The summed E-state index contributed by atoms with van der Waals surface area (Å²) in [5.74, 6) is -3.62. The molecule has 3 saturated heterocycles. The predicted molar refractivity (Wildman–Crippen MR) is 130 cm³/mol. The lowest BCUT2D eigenvalue weighted by atomic mass is 9.95. The summed E-state index contributed by atoms with van der Waals surface area (Å²) < 4.78 is 39.1. The number of carbonyl (C=O) groups excluding carboxylic acids is 1. The van der Waals surface area contributed by atoms with Crippen LogP contribution >= 0.6 is 0 Å². The standard InChI is InChI=1S/C27H36N2O7/c1-7-31-15-29-19-11-9-8-10-17(19)18-12-13-28(16(2)21(18)29)24(30)27-23(35-26(5,6)36-27)22-20(33-27)14-32-25(3,4)34-22/h8-11,16,20,22-23H,7,12-15H2,1-6H3/t16-,20+,22-,23+,27-/m1/s1. The van der Waals surface area contributed by atoms with Crippen molar-refractivity contribution in [3.63, 3.8) is 0 Å². The monoisotopic (exact) mass is 500 g/mol. The number of ether oxygens (including phenoxy) is 6. The average Bonchev–Trinajstić information content (AvgIpc) is 3.40. The molecule has 1 aromatic carbocycles. The zero-order valence-electron chi connectivity index (χ0n) is 21.9. The molecule has 0 radical (unpaired) electrons. The van der Waals surface area contributed by atoms with Gasteiger partial charge in [-0.15, -0.1) is 0 Å². The smallest absolute Gasteiger partial charge is 0.286 e. The number of nitrogens with zero attached hydrogens (tertiary/aromatic N) is 2. The number of rotatable bonds is 4. The van der Waals surface area contributed by atoms with Gasteiger partial charge in [0.05, 0.1) is 18.2 Å². The second-order valence-electron chi connectivity index (χ2n) is 11.0. The van der Waals surface area contributed by atoms with Crippen LogP contribution < -0.4 is 0 Å². The summed E-state index contributed by atoms with van der Waals surface area (Å²) in [6, 6.07) is 8.15. The molecule has 5 atom stereocenters. The van der Waals surface area contributed by atoms with Gasteiger partial charge in [-0.05, 0) is 59.6 Å². The number of hydrogen-bond acceptors (Lipinski definition) is 7. The minimum atomic E-state index is -1.59. The quantitative estimate of drug-likeness (QED) is 0.636. The van der Waals surface area contributed by atoms with Crippen molar-refractivity contribution < 1.29 is 33.2 Å². The van der Waals surface area contributed by atoms with Gasteiger partial charge in [0.2, 0.25) is 0 Å². The van der Waals surface area contributed by atoms with Crippen molar-refractivity contribution in [2.24, 2.45) is 0 Å². The van der Waals surface area contributed by atoms with Gasteiger partial charge in [0, 0.05) is 24.2 Å². The van der Waals surface area contributed by atoms with Crippen molar-refractivity contribution in [3.8, 4) is 0 Å². The summed E-state index contributed by atoms with van der Waals surface area (Å²) in [4.78, 5) is 16.3. The third-order valence-corrected chi connectivity index (χ3v) is 7.76. The first-order chi connectivity index (χ1) is 17.1. The Morgan fingerprint density at radius 3 is 2.67 bits per heavy atom. The molecule has 1 amide bonds. The molecule has 0 N–H and O–H groups in total. The number of aromatic nitrogens is 1. The summed E-state index contributed by atoms with van der Waals surface area (Å²) >= 11 is 0. The predicted octanol–water partition coefficient (Wildman–Crippen LogP) is 3.48. The van der Waals surface area contributed by atoms with Crippen LogP contribution in [0.3, 0.4) is 0 Å². The fourth-order valence-corrected chi connectivity index (χ4v) is 6.33.